The largest absolute Gasteiger partial charge is 0.495 e. The number of nitrogens with one attached hydrogen (secondary N) is 3. The van der Waals surface area contributed by atoms with Crippen molar-refractivity contribution in [1.82, 2.24) is 9.97 Å². The summed E-state index contributed by atoms with van der Waals surface area (Å²) in [6.07, 6.45) is 4.42. The molecular weight excluding hydrogens is 431 g/mol. The summed E-state index contributed by atoms with van der Waals surface area (Å²) < 4.78 is 26.1. The van der Waals surface area contributed by atoms with Gasteiger partial charge in [-0.15, -0.1) is 0 Å². The SMILES string of the molecule is COc1c(Nc2ccnc3ccccc23)ccc(NCCc2c[nH]c3c(OC)cccc23)c1F. The fourth-order valence-electron chi connectivity index (χ4n) is 4.23. The van der Waals surface area contributed by atoms with Gasteiger partial charge in [0.05, 0.1) is 36.6 Å². The zero-order chi connectivity index (χ0) is 23.5. The average Bonchev–Trinajstić information content (AvgIpc) is 3.29. The van der Waals surface area contributed by atoms with Gasteiger partial charge in [0.25, 0.3) is 0 Å². The molecule has 0 bridgehead atoms. The lowest BCUT2D eigenvalue weighted by Gasteiger charge is -2.16. The molecule has 7 heteroatoms. The zero-order valence-corrected chi connectivity index (χ0v) is 19.0. The van der Waals surface area contributed by atoms with Gasteiger partial charge in [-0.3, -0.25) is 4.98 Å². The van der Waals surface area contributed by atoms with E-state index in [9.17, 15) is 0 Å². The third-order valence-corrected chi connectivity index (χ3v) is 5.91. The van der Waals surface area contributed by atoms with Crippen LogP contribution >= 0.6 is 0 Å². The molecule has 0 aliphatic rings. The van der Waals surface area contributed by atoms with Gasteiger partial charge in [0.2, 0.25) is 0 Å². The topological polar surface area (TPSA) is 71.2 Å². The van der Waals surface area contributed by atoms with Crippen LogP contribution in [0.1, 0.15) is 5.56 Å². The van der Waals surface area contributed by atoms with Crippen LogP contribution in [0.3, 0.4) is 0 Å². The summed E-state index contributed by atoms with van der Waals surface area (Å²) in [5, 5.41) is 8.55. The van der Waals surface area contributed by atoms with Crippen molar-refractivity contribution in [2.45, 2.75) is 6.42 Å². The van der Waals surface area contributed by atoms with E-state index in [1.807, 2.05) is 54.7 Å². The van der Waals surface area contributed by atoms with Crippen LogP contribution in [-0.2, 0) is 6.42 Å². The molecule has 6 nitrogen and oxygen atoms in total. The third-order valence-electron chi connectivity index (χ3n) is 5.91. The lowest BCUT2D eigenvalue weighted by molar-refractivity contribution is 0.389. The molecule has 0 atom stereocenters. The third kappa shape index (κ3) is 3.96. The number of para-hydroxylation sites is 2. The molecule has 5 aromatic rings. The minimum Gasteiger partial charge on any atom is -0.495 e. The van der Waals surface area contributed by atoms with Gasteiger partial charge in [-0.2, -0.15) is 0 Å². The van der Waals surface area contributed by atoms with E-state index < -0.39 is 5.82 Å². The molecule has 2 heterocycles. The van der Waals surface area contributed by atoms with Gasteiger partial charge in [0.1, 0.15) is 5.75 Å². The highest BCUT2D eigenvalue weighted by molar-refractivity contribution is 5.93. The van der Waals surface area contributed by atoms with Gasteiger partial charge < -0.3 is 25.1 Å². The van der Waals surface area contributed by atoms with Crippen LogP contribution in [0.4, 0.5) is 21.5 Å². The Hall–Kier alpha value is -4.26. The van der Waals surface area contributed by atoms with Crippen molar-refractivity contribution < 1.29 is 13.9 Å². The number of methoxy groups -OCH3 is 2. The Morgan fingerprint density at radius 3 is 2.56 bits per heavy atom. The molecule has 3 N–H and O–H groups in total. The molecule has 5 rings (SSSR count). The number of aromatic amines is 1. The van der Waals surface area contributed by atoms with Crippen molar-refractivity contribution in [2.24, 2.45) is 0 Å². The van der Waals surface area contributed by atoms with E-state index in [0.717, 1.165) is 45.2 Å². The minimum atomic E-state index is -0.438. The number of benzene rings is 3. The van der Waals surface area contributed by atoms with Crippen LogP contribution in [0.15, 0.2) is 73.1 Å². The molecular formula is C27H25FN4O2. The Bertz CT molecular complexity index is 1460. The van der Waals surface area contributed by atoms with Crippen LogP contribution in [0, 0.1) is 5.82 Å². The number of nitrogens with zero attached hydrogens (tertiary/aromatic N) is 1. The molecule has 0 radical (unpaired) electrons. The van der Waals surface area contributed by atoms with Crippen molar-refractivity contribution in [2.75, 3.05) is 31.4 Å². The summed E-state index contributed by atoms with van der Waals surface area (Å²) in [6.45, 7) is 0.562. The van der Waals surface area contributed by atoms with Crippen LogP contribution < -0.4 is 20.1 Å². The lowest BCUT2D eigenvalue weighted by atomic mass is 10.1. The second-order valence-corrected chi connectivity index (χ2v) is 7.88. The zero-order valence-electron chi connectivity index (χ0n) is 19.0. The number of pyridine rings is 1. The first-order valence-electron chi connectivity index (χ1n) is 11.0. The number of fused-ring (bicyclic) bond motifs is 2. The Labute approximate surface area is 196 Å². The van der Waals surface area contributed by atoms with Gasteiger partial charge in [-0.25, -0.2) is 4.39 Å². The van der Waals surface area contributed by atoms with Crippen LogP contribution in [0.25, 0.3) is 21.8 Å². The van der Waals surface area contributed by atoms with Crippen LogP contribution in [-0.4, -0.2) is 30.7 Å². The quantitative estimate of drug-likeness (QED) is 0.257. The van der Waals surface area contributed by atoms with Crippen molar-refractivity contribution in [3.63, 3.8) is 0 Å². The highest BCUT2D eigenvalue weighted by Crippen LogP contribution is 2.36. The summed E-state index contributed by atoms with van der Waals surface area (Å²) in [6, 6.07) is 19.1. The van der Waals surface area contributed by atoms with Gasteiger partial charge in [-0.05, 0) is 42.3 Å². The molecule has 2 aromatic heterocycles. The summed E-state index contributed by atoms with van der Waals surface area (Å²) in [5.41, 5.74) is 4.73. The average molecular weight is 457 g/mol. The maximum Gasteiger partial charge on any atom is 0.190 e. The molecule has 0 unspecified atom stereocenters. The molecule has 0 fully saturated rings. The van der Waals surface area contributed by atoms with Gasteiger partial charge >= 0.3 is 0 Å². The molecule has 0 saturated heterocycles. The molecule has 0 saturated carbocycles. The maximum atomic E-state index is 15.3. The Morgan fingerprint density at radius 2 is 1.71 bits per heavy atom. The predicted molar refractivity (Wildman–Crippen MR) is 135 cm³/mol. The van der Waals surface area contributed by atoms with Crippen LogP contribution in [0.5, 0.6) is 11.5 Å². The first kappa shape index (κ1) is 21.6. The van der Waals surface area contributed by atoms with E-state index >= 15 is 4.39 Å². The van der Waals surface area contributed by atoms with E-state index in [1.165, 1.54) is 7.11 Å². The number of rotatable bonds is 8. The molecule has 0 aliphatic carbocycles. The van der Waals surface area contributed by atoms with Crippen LogP contribution in [0.2, 0.25) is 0 Å². The van der Waals surface area contributed by atoms with E-state index in [0.29, 0.717) is 17.9 Å². The fraction of sp³-hybridized carbons (Fsp3) is 0.148. The normalized spacial score (nSPS) is 11.0. The van der Waals surface area contributed by atoms with Gasteiger partial charge in [0.15, 0.2) is 11.6 Å². The van der Waals surface area contributed by atoms with Crippen molar-refractivity contribution >= 4 is 38.9 Å². The molecule has 0 spiro atoms. The van der Waals surface area contributed by atoms with E-state index in [1.54, 1.807) is 19.4 Å². The number of ether oxygens (including phenoxy) is 2. The smallest absolute Gasteiger partial charge is 0.190 e. The number of hydrogen-bond donors (Lipinski definition) is 3. The number of hydrogen-bond acceptors (Lipinski definition) is 5. The number of halogens is 1. The second kappa shape index (κ2) is 9.31. The highest BCUT2D eigenvalue weighted by atomic mass is 19.1. The van der Waals surface area contributed by atoms with Crippen molar-refractivity contribution in [1.29, 1.82) is 0 Å². The summed E-state index contributed by atoms with van der Waals surface area (Å²) in [4.78, 5) is 7.65. The highest BCUT2D eigenvalue weighted by Gasteiger charge is 2.16. The van der Waals surface area contributed by atoms with Gasteiger partial charge in [-0.1, -0.05) is 30.3 Å². The molecule has 172 valence electrons. The first-order valence-corrected chi connectivity index (χ1v) is 11.0. The van der Waals surface area contributed by atoms with Crippen molar-refractivity contribution in [3.8, 4) is 11.5 Å². The predicted octanol–water partition coefficient (Wildman–Crippen LogP) is 6.27. The monoisotopic (exact) mass is 456 g/mol. The second-order valence-electron chi connectivity index (χ2n) is 7.88. The fourth-order valence-corrected chi connectivity index (χ4v) is 4.23. The van der Waals surface area contributed by atoms with E-state index in [-0.39, 0.29) is 5.75 Å². The maximum absolute atomic E-state index is 15.3. The van der Waals surface area contributed by atoms with E-state index in [4.69, 9.17) is 9.47 Å². The lowest BCUT2D eigenvalue weighted by Crippen LogP contribution is -2.08. The number of H-pyrrole nitrogens is 1. The first-order chi connectivity index (χ1) is 16.7. The Morgan fingerprint density at radius 1 is 0.882 bits per heavy atom. The molecule has 3 aromatic carbocycles. The summed E-state index contributed by atoms with van der Waals surface area (Å²) >= 11 is 0. The summed E-state index contributed by atoms with van der Waals surface area (Å²) in [7, 11) is 3.13. The Balaban J connectivity index is 1.34. The molecule has 34 heavy (non-hydrogen) atoms. The minimum absolute atomic E-state index is 0.155. The molecule has 0 amide bonds. The standard InChI is InChI=1S/C27H25FN4O2/c1-33-24-9-5-7-18-17(16-31-26(18)24)12-14-30-22-10-11-23(27(34-2)25(22)28)32-21-13-15-29-20-8-4-3-6-19(20)21/h3-11,13,15-16,30-31H,12,14H2,1-2H3,(H,29,32). The van der Waals surface area contributed by atoms with E-state index in [2.05, 4.69) is 26.7 Å². The number of anilines is 3. The Kier molecular flexibility index (Phi) is 5.91. The van der Waals surface area contributed by atoms with Gasteiger partial charge in [0, 0.05) is 35.4 Å². The molecule has 0 aliphatic heterocycles. The number of aromatic nitrogens is 2. The van der Waals surface area contributed by atoms with Crippen molar-refractivity contribution in [3.05, 3.63) is 84.4 Å². The summed E-state index contributed by atoms with van der Waals surface area (Å²) in [5.74, 6) is 0.520.